The fraction of sp³-hybridized carbons (Fsp3) is 0.943. The normalized spacial score (nSPS) is 19.2. The van der Waals surface area contributed by atoms with Crippen LogP contribution in [-0.2, 0) is 33.3 Å². The molecule has 0 spiro atoms. The molecule has 4 N–H and O–H groups in total. The quantitative estimate of drug-likeness (QED) is 0.0339. The highest BCUT2D eigenvalue weighted by molar-refractivity contribution is 5.73. The van der Waals surface area contributed by atoms with Gasteiger partial charge in [-0.3, -0.25) is 9.59 Å². The summed E-state index contributed by atoms with van der Waals surface area (Å²) in [5, 5.41) is 40.0. The first-order valence-corrected chi connectivity index (χ1v) is 27.1. The van der Waals surface area contributed by atoms with Gasteiger partial charge in [0.2, 0.25) is 0 Å². The van der Waals surface area contributed by atoms with Gasteiger partial charge in [0, 0.05) is 12.8 Å². The van der Waals surface area contributed by atoms with E-state index in [0.29, 0.717) is 12.8 Å². The lowest BCUT2D eigenvalue weighted by atomic mass is 9.99. The summed E-state index contributed by atoms with van der Waals surface area (Å²) >= 11 is 0. The van der Waals surface area contributed by atoms with Crippen molar-refractivity contribution in [1.82, 2.24) is 0 Å². The van der Waals surface area contributed by atoms with Crippen LogP contribution in [0.25, 0.3) is 0 Å². The van der Waals surface area contributed by atoms with E-state index in [9.17, 15) is 34.8 Å². The lowest BCUT2D eigenvalue weighted by molar-refractivity contribution is -0.298. The summed E-state index contributed by atoms with van der Waals surface area (Å²) in [6.07, 6.45) is 38.7. The molecule has 0 aromatic heterocycles. The maximum absolute atomic E-state index is 12.8. The average Bonchev–Trinajstić information content (AvgIpc) is 3.28. The smallest absolute Gasteiger partial charge is 0.335 e. The van der Waals surface area contributed by atoms with Crippen molar-refractivity contribution in [3.05, 3.63) is 0 Å². The van der Waals surface area contributed by atoms with E-state index in [1.165, 1.54) is 193 Å². The van der Waals surface area contributed by atoms with E-state index in [4.69, 9.17) is 18.9 Å². The molecule has 1 fully saturated rings. The first-order valence-electron chi connectivity index (χ1n) is 27.1. The molecule has 6 atom stereocenters. The number of unbranched alkanes of at least 4 members (excludes halogenated alkanes) is 36. The third kappa shape index (κ3) is 34.5. The zero-order chi connectivity index (χ0) is 46.7. The molecule has 0 radical (unpaired) electrons. The van der Waals surface area contributed by atoms with Crippen LogP contribution in [0.1, 0.15) is 271 Å². The Bertz CT molecular complexity index is 1070. The van der Waals surface area contributed by atoms with Crippen LogP contribution < -0.4 is 0 Å². The monoisotopic (exact) mass is 913 g/mol. The molecular formula is C53H100O11. The van der Waals surface area contributed by atoms with Gasteiger partial charge in [-0.25, -0.2) is 4.79 Å². The van der Waals surface area contributed by atoms with Crippen LogP contribution in [0.4, 0.5) is 0 Å². The molecule has 0 bridgehead atoms. The van der Waals surface area contributed by atoms with E-state index >= 15 is 0 Å². The van der Waals surface area contributed by atoms with Crippen LogP contribution in [0.15, 0.2) is 0 Å². The number of carboxylic acid groups (broad SMARTS) is 1. The molecule has 1 heterocycles. The summed E-state index contributed by atoms with van der Waals surface area (Å²) < 4.78 is 21.9. The van der Waals surface area contributed by atoms with E-state index < -0.39 is 54.7 Å². The van der Waals surface area contributed by atoms with Gasteiger partial charge < -0.3 is 39.4 Å². The Balaban J connectivity index is 2.24. The molecule has 11 nitrogen and oxygen atoms in total. The third-order valence-electron chi connectivity index (χ3n) is 13.0. The molecule has 1 aliphatic rings. The zero-order valence-electron chi connectivity index (χ0n) is 41.3. The van der Waals surface area contributed by atoms with E-state index in [1.54, 1.807) is 0 Å². The number of rotatable bonds is 47. The minimum Gasteiger partial charge on any atom is -0.479 e. The van der Waals surface area contributed by atoms with Crippen LogP contribution in [0, 0.1) is 0 Å². The molecule has 0 aromatic rings. The zero-order valence-corrected chi connectivity index (χ0v) is 41.3. The Labute approximate surface area is 391 Å². The number of aliphatic hydroxyl groups is 3. The molecule has 0 saturated carbocycles. The topological polar surface area (TPSA) is 169 Å². The fourth-order valence-electron chi connectivity index (χ4n) is 8.71. The Kier molecular flexibility index (Phi) is 41.2. The number of hydrogen-bond acceptors (Lipinski definition) is 10. The van der Waals surface area contributed by atoms with Crippen LogP contribution in [0.5, 0.6) is 0 Å². The second-order valence-electron chi connectivity index (χ2n) is 19.1. The predicted octanol–water partition coefficient (Wildman–Crippen LogP) is 13.0. The first kappa shape index (κ1) is 60.2. The fourth-order valence-corrected chi connectivity index (χ4v) is 8.71. The molecule has 378 valence electrons. The third-order valence-corrected chi connectivity index (χ3v) is 13.0. The van der Waals surface area contributed by atoms with E-state index in [1.807, 2.05) is 0 Å². The summed E-state index contributed by atoms with van der Waals surface area (Å²) in [6, 6.07) is 0. The minimum atomic E-state index is -1.86. The molecule has 0 amide bonds. The number of carbonyl (C=O) groups is 3. The summed E-state index contributed by atoms with van der Waals surface area (Å²) in [4.78, 5) is 37.0. The van der Waals surface area contributed by atoms with Gasteiger partial charge in [0.25, 0.3) is 0 Å². The highest BCUT2D eigenvalue weighted by Gasteiger charge is 2.47. The summed E-state index contributed by atoms with van der Waals surface area (Å²) in [7, 11) is 0. The number of hydrogen-bond donors (Lipinski definition) is 4. The van der Waals surface area contributed by atoms with Crippen molar-refractivity contribution < 1.29 is 53.8 Å². The molecule has 0 aliphatic carbocycles. The standard InChI is InChI=1S/C53H100O11/c1-3-5-7-9-11-13-15-17-19-21-22-23-24-25-26-28-29-31-33-35-37-39-41-46(54)61-43-45(44-62-53-50(58)48(56)49(57)51(64-53)52(59)60)63-47(55)42-40-38-36-34-32-30-27-20-18-16-14-12-10-8-6-4-2/h45,48-51,53,56-58H,3-44H2,1-2H3,(H,59,60). The Morgan fingerprint density at radius 3 is 1.06 bits per heavy atom. The van der Waals surface area contributed by atoms with Gasteiger partial charge in [0.1, 0.15) is 24.9 Å². The highest BCUT2D eigenvalue weighted by Crippen LogP contribution is 2.23. The summed E-state index contributed by atoms with van der Waals surface area (Å²) in [5.41, 5.74) is 0. The molecule has 11 heteroatoms. The van der Waals surface area contributed by atoms with Gasteiger partial charge in [-0.05, 0) is 12.8 Å². The van der Waals surface area contributed by atoms with E-state index in [2.05, 4.69) is 13.8 Å². The highest BCUT2D eigenvalue weighted by atomic mass is 16.7. The van der Waals surface area contributed by atoms with Gasteiger partial charge in [0.05, 0.1) is 6.61 Å². The Morgan fingerprint density at radius 2 is 0.734 bits per heavy atom. The van der Waals surface area contributed by atoms with E-state index in [-0.39, 0.29) is 26.1 Å². The van der Waals surface area contributed by atoms with Gasteiger partial charge in [0.15, 0.2) is 18.5 Å². The van der Waals surface area contributed by atoms with Crippen molar-refractivity contribution in [2.24, 2.45) is 0 Å². The van der Waals surface area contributed by atoms with Crippen molar-refractivity contribution in [1.29, 1.82) is 0 Å². The average molecular weight is 913 g/mol. The van der Waals surface area contributed by atoms with Crippen LogP contribution in [0.2, 0.25) is 0 Å². The lowest BCUT2D eigenvalue weighted by Crippen LogP contribution is -2.60. The summed E-state index contributed by atoms with van der Waals surface area (Å²) in [6.45, 7) is 3.87. The SMILES string of the molecule is CCCCCCCCCCCCCCCCCCCCCCCCC(=O)OCC(COC1OC(C(=O)O)C(O)C(O)C1O)OC(=O)CCCCCCCCCCCCCCCCCC. The molecule has 6 unspecified atom stereocenters. The van der Waals surface area contributed by atoms with Gasteiger partial charge in [-0.1, -0.05) is 245 Å². The number of esters is 2. The number of carbonyl (C=O) groups excluding carboxylic acids is 2. The molecule has 1 rings (SSSR count). The maximum Gasteiger partial charge on any atom is 0.335 e. The largest absolute Gasteiger partial charge is 0.479 e. The van der Waals surface area contributed by atoms with Crippen molar-refractivity contribution in [2.75, 3.05) is 13.2 Å². The van der Waals surface area contributed by atoms with Crippen LogP contribution in [-0.4, -0.2) is 88.4 Å². The molecular weight excluding hydrogens is 813 g/mol. The Morgan fingerprint density at radius 1 is 0.422 bits per heavy atom. The van der Waals surface area contributed by atoms with Crippen molar-refractivity contribution in [2.45, 2.75) is 307 Å². The number of carboxylic acids is 1. The van der Waals surface area contributed by atoms with Gasteiger partial charge in [-0.15, -0.1) is 0 Å². The number of ether oxygens (including phenoxy) is 4. The summed E-state index contributed by atoms with van der Waals surface area (Å²) in [5.74, 6) is -2.41. The second-order valence-corrected chi connectivity index (χ2v) is 19.1. The molecule has 1 aliphatic heterocycles. The van der Waals surface area contributed by atoms with Crippen molar-refractivity contribution in [3.63, 3.8) is 0 Å². The minimum absolute atomic E-state index is 0.191. The number of aliphatic carboxylic acids is 1. The molecule has 64 heavy (non-hydrogen) atoms. The van der Waals surface area contributed by atoms with Gasteiger partial charge in [-0.2, -0.15) is 0 Å². The maximum atomic E-state index is 12.8. The first-order chi connectivity index (χ1) is 31.2. The predicted molar refractivity (Wildman–Crippen MR) is 257 cm³/mol. The number of aliphatic hydroxyl groups excluding tert-OH is 3. The molecule has 0 aromatic carbocycles. The van der Waals surface area contributed by atoms with Crippen LogP contribution in [0.3, 0.4) is 0 Å². The van der Waals surface area contributed by atoms with Crippen molar-refractivity contribution in [3.8, 4) is 0 Å². The van der Waals surface area contributed by atoms with Crippen molar-refractivity contribution >= 4 is 17.9 Å². The Hall–Kier alpha value is -1.79. The second kappa shape index (κ2) is 43.8. The van der Waals surface area contributed by atoms with Gasteiger partial charge >= 0.3 is 17.9 Å². The molecule has 1 saturated heterocycles. The van der Waals surface area contributed by atoms with Crippen LogP contribution >= 0.6 is 0 Å². The lowest BCUT2D eigenvalue weighted by Gasteiger charge is -2.38. The van der Waals surface area contributed by atoms with E-state index in [0.717, 1.165) is 38.5 Å².